The van der Waals surface area contributed by atoms with Crippen LogP contribution in [0.3, 0.4) is 0 Å². The van der Waals surface area contributed by atoms with Crippen LogP contribution in [0.1, 0.15) is 42.5 Å². The van der Waals surface area contributed by atoms with Gasteiger partial charge in [0.2, 0.25) is 0 Å². The Kier molecular flexibility index (Phi) is 8.26. The minimum absolute atomic E-state index is 0.00550. The lowest BCUT2D eigenvalue weighted by Crippen LogP contribution is -2.68. The lowest BCUT2D eigenvalue weighted by Gasteiger charge is -2.49. The molecule has 4 rings (SSSR count). The van der Waals surface area contributed by atoms with E-state index in [1.54, 1.807) is 24.4 Å². The summed E-state index contributed by atoms with van der Waals surface area (Å²) < 4.78 is 11.4. The Balaban J connectivity index is 1.58. The molecule has 0 amide bonds. The molecular weight excluding hydrogens is 525 g/mol. The van der Waals surface area contributed by atoms with Crippen LogP contribution in [0.2, 0.25) is 10.0 Å². The summed E-state index contributed by atoms with van der Waals surface area (Å²) in [5.74, 6) is 1.36. The summed E-state index contributed by atoms with van der Waals surface area (Å²) >= 11 is 12.4. The van der Waals surface area contributed by atoms with E-state index in [9.17, 15) is 5.26 Å². The number of anilines is 2. The quantitative estimate of drug-likeness (QED) is 0.240. The minimum Gasteiger partial charge on any atom is -0.493 e. The van der Waals surface area contributed by atoms with Crippen molar-refractivity contribution >= 4 is 40.4 Å². The molecule has 0 aliphatic carbocycles. The molecule has 1 aliphatic rings. The van der Waals surface area contributed by atoms with Gasteiger partial charge in [-0.3, -0.25) is 10.4 Å². The van der Waals surface area contributed by atoms with E-state index in [4.69, 9.17) is 43.8 Å². The number of hydrogen-bond acceptors (Lipinski definition) is 9. The largest absolute Gasteiger partial charge is 0.493 e. The Bertz CT molecular complexity index is 1380. The standard InChI is InChI=1S/C27H29Cl2N7O2/c1-4-5-35-27(2)14-36(15-27)26-16(9-30)6-17(10-34-26)25(32)18-7-24(23(37-3)8-22(18)31)38-13-19-20(28)11-33-12-21(19)29/h6-8,10-12,32,35H,4-5,13-15,31H2,1-3H3. The summed E-state index contributed by atoms with van der Waals surface area (Å²) in [6, 6.07) is 7.11. The maximum absolute atomic E-state index is 9.84. The van der Waals surface area contributed by atoms with Gasteiger partial charge in [0.1, 0.15) is 18.5 Å². The molecule has 0 atom stereocenters. The highest BCUT2D eigenvalue weighted by Crippen LogP contribution is 2.36. The molecule has 198 valence electrons. The summed E-state index contributed by atoms with van der Waals surface area (Å²) in [6.45, 7) is 6.80. The summed E-state index contributed by atoms with van der Waals surface area (Å²) in [7, 11) is 1.50. The number of hydrogen-bond donors (Lipinski definition) is 3. The predicted molar refractivity (Wildman–Crippen MR) is 150 cm³/mol. The second-order valence-electron chi connectivity index (χ2n) is 9.39. The Morgan fingerprint density at radius 1 is 1.21 bits per heavy atom. The van der Waals surface area contributed by atoms with Crippen molar-refractivity contribution in [3.63, 3.8) is 0 Å². The number of nitrogen functional groups attached to an aromatic ring is 1. The molecule has 1 saturated heterocycles. The van der Waals surface area contributed by atoms with Gasteiger partial charge in [-0.1, -0.05) is 30.1 Å². The van der Waals surface area contributed by atoms with E-state index in [0.717, 1.165) is 26.1 Å². The second-order valence-corrected chi connectivity index (χ2v) is 10.2. The monoisotopic (exact) mass is 553 g/mol. The zero-order valence-corrected chi connectivity index (χ0v) is 23.0. The van der Waals surface area contributed by atoms with Crippen LogP contribution in [0.4, 0.5) is 11.5 Å². The Morgan fingerprint density at radius 2 is 1.92 bits per heavy atom. The van der Waals surface area contributed by atoms with Gasteiger partial charge >= 0.3 is 0 Å². The molecule has 3 heterocycles. The third-order valence-electron chi connectivity index (χ3n) is 6.39. The number of nitrogens with zero attached hydrogens (tertiary/aromatic N) is 4. The molecule has 0 unspecified atom stereocenters. The number of nitriles is 1. The van der Waals surface area contributed by atoms with E-state index in [2.05, 4.69) is 40.1 Å². The van der Waals surface area contributed by atoms with Crippen LogP contribution in [0.5, 0.6) is 11.5 Å². The molecule has 38 heavy (non-hydrogen) atoms. The maximum atomic E-state index is 9.84. The van der Waals surface area contributed by atoms with E-state index in [1.807, 2.05) is 0 Å². The van der Waals surface area contributed by atoms with E-state index < -0.39 is 0 Å². The van der Waals surface area contributed by atoms with Crippen LogP contribution >= 0.6 is 23.2 Å². The molecule has 0 saturated carbocycles. The van der Waals surface area contributed by atoms with Gasteiger partial charge < -0.3 is 25.4 Å². The summed E-state index contributed by atoms with van der Waals surface area (Å²) in [4.78, 5) is 10.6. The van der Waals surface area contributed by atoms with Gasteiger partial charge in [-0.05, 0) is 32.0 Å². The molecule has 0 radical (unpaired) electrons. The van der Waals surface area contributed by atoms with Crippen molar-refractivity contribution in [2.75, 3.05) is 37.4 Å². The Hall–Kier alpha value is -3.58. The third kappa shape index (κ3) is 5.63. The normalized spacial score (nSPS) is 13.9. The second kappa shape index (κ2) is 11.4. The van der Waals surface area contributed by atoms with Crippen molar-refractivity contribution in [2.24, 2.45) is 0 Å². The van der Waals surface area contributed by atoms with Gasteiger partial charge in [0, 0.05) is 60.1 Å². The van der Waals surface area contributed by atoms with Gasteiger partial charge in [-0.25, -0.2) is 4.98 Å². The number of nitrogens with two attached hydrogens (primary N) is 1. The third-order valence-corrected chi connectivity index (χ3v) is 7.04. The molecule has 0 spiro atoms. The lowest BCUT2D eigenvalue weighted by atomic mass is 9.91. The zero-order valence-electron chi connectivity index (χ0n) is 21.4. The van der Waals surface area contributed by atoms with E-state index >= 15 is 0 Å². The molecule has 1 fully saturated rings. The molecule has 0 bridgehead atoms. The fourth-order valence-electron chi connectivity index (χ4n) is 4.36. The molecule has 1 aromatic carbocycles. The highest BCUT2D eigenvalue weighted by Gasteiger charge is 2.39. The number of methoxy groups -OCH3 is 1. The SMILES string of the molecule is CCCNC1(C)CN(c2ncc(C(=N)c3cc(OCc4c(Cl)cncc4Cl)c(OC)cc3N)cc2C#N)C1. The van der Waals surface area contributed by atoms with E-state index in [-0.39, 0.29) is 17.9 Å². The molecule has 9 nitrogen and oxygen atoms in total. The predicted octanol–water partition coefficient (Wildman–Crippen LogP) is 4.82. The highest BCUT2D eigenvalue weighted by molar-refractivity contribution is 6.35. The number of aromatic nitrogens is 2. The summed E-state index contributed by atoms with van der Waals surface area (Å²) in [5, 5.41) is 23.0. The minimum atomic E-state index is -0.00550. The first kappa shape index (κ1) is 27.5. The first-order valence-corrected chi connectivity index (χ1v) is 12.8. The van der Waals surface area contributed by atoms with Crippen LogP contribution in [0, 0.1) is 16.7 Å². The van der Waals surface area contributed by atoms with Crippen LogP contribution < -0.4 is 25.4 Å². The van der Waals surface area contributed by atoms with Crippen molar-refractivity contribution in [1.82, 2.24) is 15.3 Å². The fraction of sp³-hybridized carbons (Fsp3) is 0.333. The first-order valence-electron chi connectivity index (χ1n) is 12.1. The molecule has 2 aromatic heterocycles. The summed E-state index contributed by atoms with van der Waals surface area (Å²) in [6.07, 6.45) is 5.62. The van der Waals surface area contributed by atoms with Crippen LogP contribution in [0.25, 0.3) is 0 Å². The average Bonchev–Trinajstić information content (AvgIpc) is 2.89. The molecule has 4 N–H and O–H groups in total. The summed E-state index contributed by atoms with van der Waals surface area (Å²) in [5.41, 5.74) is 8.54. The van der Waals surface area contributed by atoms with Crippen LogP contribution in [-0.2, 0) is 6.61 Å². The topological polar surface area (TPSA) is 133 Å². The number of benzene rings is 1. The number of pyridine rings is 2. The molecule has 3 aromatic rings. The first-order chi connectivity index (χ1) is 18.2. The fourth-order valence-corrected chi connectivity index (χ4v) is 4.83. The van der Waals surface area contributed by atoms with Crippen molar-refractivity contribution < 1.29 is 9.47 Å². The lowest BCUT2D eigenvalue weighted by molar-refractivity contribution is 0.281. The van der Waals surface area contributed by atoms with E-state index in [1.165, 1.54) is 19.5 Å². The number of nitrogens with one attached hydrogen (secondary N) is 2. The molecule has 1 aliphatic heterocycles. The van der Waals surface area contributed by atoms with Crippen LogP contribution in [0.15, 0.2) is 36.8 Å². The van der Waals surface area contributed by atoms with Gasteiger partial charge in [-0.15, -0.1) is 0 Å². The van der Waals surface area contributed by atoms with Gasteiger partial charge in [0.05, 0.1) is 34.0 Å². The maximum Gasteiger partial charge on any atom is 0.162 e. The number of rotatable bonds is 10. The Morgan fingerprint density at radius 3 is 2.55 bits per heavy atom. The molecule has 11 heteroatoms. The van der Waals surface area contributed by atoms with Crippen LogP contribution in [-0.4, -0.2) is 48.0 Å². The average molecular weight is 554 g/mol. The highest BCUT2D eigenvalue weighted by atomic mass is 35.5. The smallest absolute Gasteiger partial charge is 0.162 e. The van der Waals surface area contributed by atoms with Crippen molar-refractivity contribution in [3.8, 4) is 17.6 Å². The number of halogens is 2. The zero-order chi connectivity index (χ0) is 27.4. The van der Waals surface area contributed by atoms with Gasteiger partial charge in [0.25, 0.3) is 0 Å². The van der Waals surface area contributed by atoms with Crippen molar-refractivity contribution in [1.29, 1.82) is 10.7 Å². The Labute approximate surface area is 232 Å². The van der Waals surface area contributed by atoms with Gasteiger partial charge in [0.15, 0.2) is 11.5 Å². The molecular formula is C27H29Cl2N7O2. The number of ether oxygens (including phenoxy) is 2. The van der Waals surface area contributed by atoms with E-state index in [0.29, 0.717) is 55.3 Å². The van der Waals surface area contributed by atoms with Crippen molar-refractivity contribution in [2.45, 2.75) is 32.4 Å². The van der Waals surface area contributed by atoms with Crippen molar-refractivity contribution in [3.05, 3.63) is 69.1 Å². The van der Waals surface area contributed by atoms with Gasteiger partial charge in [-0.2, -0.15) is 5.26 Å².